The van der Waals surface area contributed by atoms with E-state index in [-0.39, 0.29) is 16.6 Å². The Kier molecular flexibility index (Phi) is 5.97. The smallest absolute Gasteiger partial charge is 0.372 e. The zero-order valence-electron chi connectivity index (χ0n) is 11.5. The van der Waals surface area contributed by atoms with Crippen LogP contribution in [0.4, 0.5) is 4.79 Å². The van der Waals surface area contributed by atoms with E-state index >= 15 is 0 Å². The van der Waals surface area contributed by atoms with Gasteiger partial charge in [0.2, 0.25) is 0 Å². The molecule has 0 aromatic rings. The summed E-state index contributed by atoms with van der Waals surface area (Å²) in [6, 6.07) is 0. The van der Waals surface area contributed by atoms with Crippen molar-refractivity contribution in [3.63, 3.8) is 0 Å². The molecule has 0 unspecified atom stereocenters. The van der Waals surface area contributed by atoms with Crippen LogP contribution in [0.1, 0.15) is 13.8 Å². The average molecular weight is 317 g/mol. The summed E-state index contributed by atoms with van der Waals surface area (Å²) in [7, 11) is 1.78. The zero-order valence-corrected chi connectivity index (χ0v) is 13.1. The maximum absolute atomic E-state index is 11.6. The Bertz CT molecular complexity index is 514. The molecule has 110 valence electrons. The van der Waals surface area contributed by atoms with Crippen LogP contribution in [0.3, 0.4) is 0 Å². The lowest BCUT2D eigenvalue weighted by Gasteiger charge is -2.18. The van der Waals surface area contributed by atoms with Gasteiger partial charge in [0.1, 0.15) is 10.9 Å². The first kappa shape index (κ1) is 16.5. The van der Waals surface area contributed by atoms with Crippen molar-refractivity contribution < 1.29 is 9.53 Å². The van der Waals surface area contributed by atoms with Crippen molar-refractivity contribution in [2.24, 2.45) is 5.73 Å². The molecule has 0 atom stereocenters. The molecule has 6 nitrogen and oxygen atoms in total. The third kappa shape index (κ3) is 4.50. The van der Waals surface area contributed by atoms with Gasteiger partial charge in [-0.15, -0.1) is 0 Å². The lowest BCUT2D eigenvalue weighted by Crippen LogP contribution is -2.28. The number of hydrogen-bond acceptors (Lipinski definition) is 7. The molecule has 0 saturated heterocycles. The summed E-state index contributed by atoms with van der Waals surface area (Å²) in [5.74, 6) is 0.645. The van der Waals surface area contributed by atoms with Crippen LogP contribution >= 0.6 is 23.4 Å². The van der Waals surface area contributed by atoms with Crippen molar-refractivity contribution in [3.8, 4) is 0 Å². The van der Waals surface area contributed by atoms with Crippen molar-refractivity contribution >= 4 is 33.8 Å². The van der Waals surface area contributed by atoms with E-state index in [4.69, 9.17) is 27.5 Å². The van der Waals surface area contributed by atoms with Gasteiger partial charge in [0, 0.05) is 24.6 Å². The number of hydrazine groups is 1. The Balaban J connectivity index is 3.09. The number of ether oxygens (including phenoxy) is 1. The fraction of sp³-hybridized carbons (Fsp3) is 0.333. The van der Waals surface area contributed by atoms with Crippen LogP contribution in [0.5, 0.6) is 0 Å². The summed E-state index contributed by atoms with van der Waals surface area (Å²) in [6.45, 7) is 3.71. The van der Waals surface area contributed by atoms with Crippen LogP contribution in [0, 0.1) is 5.41 Å². The molecule has 0 saturated carbocycles. The molecule has 0 bridgehead atoms. The van der Waals surface area contributed by atoms with Gasteiger partial charge in [0.25, 0.3) is 0 Å². The Labute approximate surface area is 127 Å². The molecular weight excluding hydrogens is 300 g/mol. The number of nitrogens with two attached hydrogens (primary N) is 1. The lowest BCUT2D eigenvalue weighted by molar-refractivity contribution is 0.206. The monoisotopic (exact) mass is 316 g/mol. The second kappa shape index (κ2) is 7.25. The van der Waals surface area contributed by atoms with Crippen LogP contribution in [-0.4, -0.2) is 28.3 Å². The quantitative estimate of drug-likeness (QED) is 0.419. The average Bonchev–Trinajstić information content (AvgIpc) is 2.66. The molecule has 1 aliphatic rings. The molecule has 1 heterocycles. The highest BCUT2D eigenvalue weighted by Crippen LogP contribution is 2.21. The van der Waals surface area contributed by atoms with Gasteiger partial charge in [-0.05, 0) is 24.8 Å². The van der Waals surface area contributed by atoms with E-state index in [1.54, 1.807) is 12.1 Å². The number of hydrogen-bond donors (Lipinski definition) is 3. The number of nitrogens with one attached hydrogen (secondary N) is 2. The van der Waals surface area contributed by atoms with Gasteiger partial charge >= 0.3 is 5.30 Å². The van der Waals surface area contributed by atoms with Crippen LogP contribution < -0.4 is 11.2 Å². The van der Waals surface area contributed by atoms with Crippen molar-refractivity contribution in [3.05, 3.63) is 35.0 Å². The molecule has 4 N–H and O–H groups in total. The summed E-state index contributed by atoms with van der Waals surface area (Å²) in [5, 5.41) is 8.22. The van der Waals surface area contributed by atoms with E-state index in [1.807, 2.05) is 19.9 Å². The van der Waals surface area contributed by atoms with Gasteiger partial charge in [0.15, 0.2) is 5.76 Å². The van der Waals surface area contributed by atoms with Crippen LogP contribution in [-0.2, 0) is 4.74 Å². The SMILES string of the molecule is CCSC(=O)OC(=CC(=N)Cl)C(N)=C1C=C(C)NN1C. The number of thioether (sulfide) groups is 1. The fourth-order valence-electron chi connectivity index (χ4n) is 1.56. The highest BCUT2D eigenvalue weighted by atomic mass is 35.5. The molecule has 20 heavy (non-hydrogen) atoms. The Morgan fingerprint density at radius 3 is 2.80 bits per heavy atom. The van der Waals surface area contributed by atoms with Gasteiger partial charge in [-0.2, -0.15) is 0 Å². The van der Waals surface area contributed by atoms with E-state index in [0.717, 1.165) is 17.5 Å². The van der Waals surface area contributed by atoms with Gasteiger partial charge in [0.05, 0.1) is 5.70 Å². The van der Waals surface area contributed by atoms with Crippen molar-refractivity contribution in [1.29, 1.82) is 5.41 Å². The topological polar surface area (TPSA) is 91.4 Å². The predicted molar refractivity (Wildman–Crippen MR) is 82.1 cm³/mol. The number of carbonyl (C=O) groups excluding carboxylic acids is 1. The van der Waals surface area contributed by atoms with Crippen molar-refractivity contribution in [1.82, 2.24) is 10.4 Å². The number of rotatable bonds is 4. The Hall–Kier alpha value is -1.60. The van der Waals surface area contributed by atoms with Gasteiger partial charge in [-0.1, -0.05) is 18.5 Å². The maximum Gasteiger partial charge on any atom is 0.372 e. The summed E-state index contributed by atoms with van der Waals surface area (Å²) < 4.78 is 5.15. The van der Waals surface area contributed by atoms with Gasteiger partial charge in [-0.25, -0.2) is 4.79 Å². The second-order valence-electron chi connectivity index (χ2n) is 3.94. The lowest BCUT2D eigenvalue weighted by atomic mass is 10.2. The molecule has 0 aromatic heterocycles. The molecule has 0 aliphatic carbocycles. The maximum atomic E-state index is 11.6. The molecule has 0 spiro atoms. The normalized spacial score (nSPS) is 17.5. The highest BCUT2D eigenvalue weighted by Gasteiger charge is 2.19. The molecule has 0 radical (unpaired) electrons. The third-order valence-corrected chi connectivity index (χ3v) is 3.03. The summed E-state index contributed by atoms with van der Waals surface area (Å²) in [4.78, 5) is 11.6. The first-order valence-electron chi connectivity index (χ1n) is 5.84. The van der Waals surface area contributed by atoms with E-state index in [0.29, 0.717) is 11.4 Å². The molecular formula is C12H17ClN4O2S. The van der Waals surface area contributed by atoms with E-state index in [9.17, 15) is 4.79 Å². The third-order valence-electron chi connectivity index (χ3n) is 2.31. The Morgan fingerprint density at radius 2 is 2.35 bits per heavy atom. The van der Waals surface area contributed by atoms with E-state index in [2.05, 4.69) is 5.43 Å². The number of nitrogens with zero attached hydrogens (tertiary/aromatic N) is 1. The summed E-state index contributed by atoms with van der Waals surface area (Å²) >= 11 is 6.54. The largest absolute Gasteiger partial charge is 0.416 e. The zero-order chi connectivity index (χ0) is 15.3. The molecule has 0 fully saturated rings. The second-order valence-corrected chi connectivity index (χ2v) is 5.55. The molecule has 8 heteroatoms. The van der Waals surface area contributed by atoms with Crippen LogP contribution in [0.2, 0.25) is 0 Å². The van der Waals surface area contributed by atoms with E-state index < -0.39 is 5.30 Å². The first-order chi connectivity index (χ1) is 9.35. The number of likely N-dealkylation sites (N-methyl/N-ethyl adjacent to an activating group) is 1. The fourth-order valence-corrected chi connectivity index (χ4v) is 2.04. The molecule has 1 aliphatic heterocycles. The highest BCUT2D eigenvalue weighted by molar-refractivity contribution is 8.13. The molecule has 0 aromatic carbocycles. The summed E-state index contributed by atoms with van der Waals surface area (Å²) in [6.07, 6.45) is 3.01. The van der Waals surface area contributed by atoms with Crippen molar-refractivity contribution in [2.45, 2.75) is 13.8 Å². The number of allylic oxidation sites excluding steroid dienone is 3. The minimum Gasteiger partial charge on any atom is -0.416 e. The number of carbonyl (C=O) groups is 1. The van der Waals surface area contributed by atoms with Gasteiger partial charge < -0.3 is 15.9 Å². The predicted octanol–water partition coefficient (Wildman–Crippen LogP) is 2.50. The minimum absolute atomic E-state index is 0.0607. The minimum atomic E-state index is -0.491. The van der Waals surface area contributed by atoms with Crippen molar-refractivity contribution in [2.75, 3.05) is 12.8 Å². The van der Waals surface area contributed by atoms with Crippen LogP contribution in [0.25, 0.3) is 0 Å². The Morgan fingerprint density at radius 1 is 1.70 bits per heavy atom. The van der Waals surface area contributed by atoms with Crippen LogP contribution in [0.15, 0.2) is 35.0 Å². The standard InChI is InChI=1S/C12H17ClN4O2S/c1-4-20-12(18)19-9(6-10(13)14)11(15)8-5-7(2)16-17(8)3/h5-6,14,16H,4,15H2,1-3H3. The first-order valence-corrected chi connectivity index (χ1v) is 7.20. The number of halogens is 1. The van der Waals surface area contributed by atoms with Gasteiger partial charge in [-0.3, -0.25) is 10.4 Å². The molecule has 1 rings (SSSR count). The van der Waals surface area contributed by atoms with E-state index in [1.165, 1.54) is 6.08 Å². The molecule has 0 amide bonds. The summed E-state index contributed by atoms with van der Waals surface area (Å²) in [5.41, 5.74) is 10.8.